The second kappa shape index (κ2) is 4.16. The maximum atomic E-state index is 11.2. The topological polar surface area (TPSA) is 60.4 Å². The number of hydrogen-bond donors (Lipinski definition) is 0. The van der Waals surface area contributed by atoms with Gasteiger partial charge in [-0.2, -0.15) is 0 Å². The first-order valence-electron chi connectivity index (χ1n) is 3.92. The fourth-order valence-corrected chi connectivity index (χ4v) is 2.88. The third kappa shape index (κ3) is 2.66. The van der Waals surface area contributed by atoms with Gasteiger partial charge in [0.1, 0.15) is 0 Å². The quantitative estimate of drug-likeness (QED) is 0.596. The summed E-state index contributed by atoms with van der Waals surface area (Å²) < 4.78 is 26.8. The Morgan fingerprint density at radius 1 is 1.53 bits per heavy atom. The highest BCUT2D eigenvalue weighted by molar-refractivity contribution is 7.90. The van der Waals surface area contributed by atoms with Crippen molar-refractivity contribution in [3.8, 4) is 0 Å². The van der Waals surface area contributed by atoms with Gasteiger partial charge in [0.05, 0.1) is 17.6 Å². The van der Waals surface area contributed by atoms with Crippen LogP contribution in [0.25, 0.3) is 5.57 Å². The van der Waals surface area contributed by atoms with E-state index in [0.29, 0.717) is 4.88 Å². The van der Waals surface area contributed by atoms with Crippen molar-refractivity contribution in [3.05, 3.63) is 22.9 Å². The molecule has 4 nitrogen and oxygen atoms in total. The van der Waals surface area contributed by atoms with Crippen molar-refractivity contribution >= 4 is 32.7 Å². The van der Waals surface area contributed by atoms with Crippen LogP contribution in [0.1, 0.15) is 4.88 Å². The molecule has 15 heavy (non-hydrogen) atoms. The molecule has 1 aromatic heterocycles. The molecule has 82 valence electrons. The largest absolute Gasteiger partial charge is 0.465 e. The lowest BCUT2D eigenvalue weighted by atomic mass is 10.2. The number of hydrogen-bond acceptors (Lipinski definition) is 5. The first kappa shape index (κ1) is 11.9. The summed E-state index contributed by atoms with van der Waals surface area (Å²) in [6.45, 7) is 3.53. The highest BCUT2D eigenvalue weighted by atomic mass is 32.2. The zero-order valence-electron chi connectivity index (χ0n) is 8.31. The number of esters is 1. The minimum Gasteiger partial charge on any atom is -0.465 e. The second-order valence-electron chi connectivity index (χ2n) is 2.89. The maximum Gasteiger partial charge on any atom is 0.338 e. The van der Waals surface area contributed by atoms with Gasteiger partial charge in [0, 0.05) is 16.5 Å². The number of methoxy groups -OCH3 is 1. The smallest absolute Gasteiger partial charge is 0.338 e. The van der Waals surface area contributed by atoms with Gasteiger partial charge >= 0.3 is 5.97 Å². The van der Waals surface area contributed by atoms with Gasteiger partial charge in [-0.3, -0.25) is 0 Å². The first-order chi connectivity index (χ1) is 6.86. The van der Waals surface area contributed by atoms with Gasteiger partial charge < -0.3 is 4.74 Å². The molecule has 0 bridgehead atoms. The molecule has 0 aliphatic heterocycles. The van der Waals surface area contributed by atoms with E-state index >= 15 is 0 Å². The van der Waals surface area contributed by atoms with Gasteiger partial charge in [-0.1, -0.05) is 6.58 Å². The van der Waals surface area contributed by atoms with Gasteiger partial charge in [0.2, 0.25) is 0 Å². The van der Waals surface area contributed by atoms with Crippen molar-refractivity contribution in [2.24, 2.45) is 0 Å². The molecule has 0 aromatic carbocycles. The van der Waals surface area contributed by atoms with Crippen LogP contribution in [0, 0.1) is 0 Å². The van der Waals surface area contributed by atoms with Gasteiger partial charge in [0.15, 0.2) is 9.84 Å². The summed E-state index contributed by atoms with van der Waals surface area (Å²) in [6.07, 6.45) is 1.11. The van der Waals surface area contributed by atoms with Crippen LogP contribution >= 0.6 is 11.3 Å². The predicted octanol–water partition coefficient (Wildman–Crippen LogP) is 1.34. The van der Waals surface area contributed by atoms with E-state index in [0.717, 1.165) is 17.6 Å². The van der Waals surface area contributed by atoms with Gasteiger partial charge in [-0.25, -0.2) is 13.2 Å². The van der Waals surface area contributed by atoms with Crippen LogP contribution in [0.2, 0.25) is 0 Å². The summed E-state index contributed by atoms with van der Waals surface area (Å²) in [6, 6.07) is 1.42. The van der Waals surface area contributed by atoms with E-state index < -0.39 is 15.8 Å². The van der Waals surface area contributed by atoms with Crippen LogP contribution in [-0.4, -0.2) is 27.8 Å². The highest BCUT2D eigenvalue weighted by Crippen LogP contribution is 2.25. The Morgan fingerprint density at radius 2 is 2.13 bits per heavy atom. The van der Waals surface area contributed by atoms with E-state index in [9.17, 15) is 13.2 Å². The fraction of sp³-hybridized carbons (Fsp3) is 0.222. The second-order valence-corrected chi connectivity index (χ2v) is 5.82. The molecule has 0 fully saturated rings. The molecule has 0 radical (unpaired) electrons. The maximum absolute atomic E-state index is 11.2. The number of ether oxygens (including phenoxy) is 1. The molecule has 0 N–H and O–H groups in total. The Bertz CT molecular complexity index is 496. The van der Waals surface area contributed by atoms with E-state index in [-0.39, 0.29) is 10.5 Å². The van der Waals surface area contributed by atoms with Crippen molar-refractivity contribution in [2.75, 3.05) is 13.4 Å². The minimum absolute atomic E-state index is 0.164. The van der Waals surface area contributed by atoms with Gasteiger partial charge in [-0.15, -0.1) is 11.3 Å². The lowest BCUT2D eigenvalue weighted by Crippen LogP contribution is -2.01. The SMILES string of the molecule is C=C(C(=O)OC)c1cc(S(C)(=O)=O)cs1. The average Bonchev–Trinajstić information content (AvgIpc) is 2.63. The predicted molar refractivity (Wildman–Crippen MR) is 58.5 cm³/mol. The van der Waals surface area contributed by atoms with Crippen molar-refractivity contribution in [2.45, 2.75) is 4.90 Å². The zero-order chi connectivity index (χ0) is 11.6. The molecule has 1 aromatic rings. The lowest BCUT2D eigenvalue weighted by molar-refractivity contribution is -0.133. The van der Waals surface area contributed by atoms with E-state index in [1.807, 2.05) is 0 Å². The first-order valence-corrected chi connectivity index (χ1v) is 6.69. The molecule has 0 atom stereocenters. The van der Waals surface area contributed by atoms with Crippen molar-refractivity contribution in [3.63, 3.8) is 0 Å². The molecular weight excluding hydrogens is 236 g/mol. The van der Waals surface area contributed by atoms with Crippen LogP contribution in [0.15, 0.2) is 22.9 Å². The highest BCUT2D eigenvalue weighted by Gasteiger charge is 2.15. The van der Waals surface area contributed by atoms with E-state index in [1.165, 1.54) is 18.6 Å². The average molecular weight is 246 g/mol. The van der Waals surface area contributed by atoms with Crippen molar-refractivity contribution in [1.29, 1.82) is 0 Å². The van der Waals surface area contributed by atoms with E-state index in [2.05, 4.69) is 11.3 Å². The van der Waals surface area contributed by atoms with Gasteiger partial charge in [-0.05, 0) is 6.07 Å². The monoisotopic (exact) mass is 246 g/mol. The third-order valence-electron chi connectivity index (χ3n) is 1.73. The van der Waals surface area contributed by atoms with Gasteiger partial charge in [0.25, 0.3) is 0 Å². The van der Waals surface area contributed by atoms with Crippen molar-refractivity contribution in [1.82, 2.24) is 0 Å². The number of carbonyl (C=O) groups excluding carboxylic acids is 1. The number of thiophene rings is 1. The molecule has 0 aliphatic carbocycles. The van der Waals surface area contributed by atoms with Crippen LogP contribution in [0.5, 0.6) is 0 Å². The summed E-state index contributed by atoms with van der Waals surface area (Å²) in [4.78, 5) is 11.8. The molecule has 0 unspecified atom stereocenters. The fourth-order valence-electron chi connectivity index (χ4n) is 0.895. The molecule has 0 saturated heterocycles. The third-order valence-corrected chi connectivity index (χ3v) is 3.96. The Kier molecular flexibility index (Phi) is 3.31. The lowest BCUT2D eigenvalue weighted by Gasteiger charge is -1.98. The standard InChI is InChI=1S/C9H10O4S2/c1-6(9(10)13-2)8-4-7(5-14-8)15(3,11)12/h4-5H,1H2,2-3H3. The van der Waals surface area contributed by atoms with Crippen LogP contribution < -0.4 is 0 Å². The molecule has 0 amide bonds. The Hall–Kier alpha value is -1.14. The summed E-state index contributed by atoms with van der Waals surface area (Å²) in [5.41, 5.74) is 0.164. The molecule has 0 spiro atoms. The summed E-state index contributed by atoms with van der Waals surface area (Å²) in [7, 11) is -1.98. The normalized spacial score (nSPS) is 11.1. The molecule has 6 heteroatoms. The van der Waals surface area contributed by atoms with E-state index in [4.69, 9.17) is 0 Å². The zero-order valence-corrected chi connectivity index (χ0v) is 9.94. The number of rotatable bonds is 3. The molecule has 1 rings (SSSR count). The summed E-state index contributed by atoms with van der Waals surface area (Å²) in [5, 5.41) is 1.47. The Morgan fingerprint density at radius 3 is 2.53 bits per heavy atom. The Balaban J connectivity index is 3.05. The summed E-state index contributed by atoms with van der Waals surface area (Å²) >= 11 is 1.15. The van der Waals surface area contributed by atoms with Crippen LogP contribution in [0.3, 0.4) is 0 Å². The van der Waals surface area contributed by atoms with E-state index in [1.54, 1.807) is 0 Å². The molecule has 1 heterocycles. The molecular formula is C9H10O4S2. The summed E-state index contributed by atoms with van der Waals surface area (Å²) in [5.74, 6) is -0.558. The van der Waals surface area contributed by atoms with Crippen LogP contribution in [-0.2, 0) is 19.4 Å². The number of carbonyl (C=O) groups is 1. The van der Waals surface area contributed by atoms with Crippen molar-refractivity contribution < 1.29 is 17.9 Å². The number of sulfone groups is 1. The minimum atomic E-state index is -3.23. The Labute approximate surface area is 92.1 Å². The molecule has 0 saturated carbocycles. The van der Waals surface area contributed by atoms with Crippen LogP contribution in [0.4, 0.5) is 0 Å². The molecule has 0 aliphatic rings.